The normalized spacial score (nSPS) is 17.6. The lowest BCUT2D eigenvalue weighted by Gasteiger charge is -2.36. The van der Waals surface area contributed by atoms with Crippen LogP contribution < -0.4 is 5.32 Å². The van der Waals surface area contributed by atoms with Crippen LogP contribution in [-0.4, -0.2) is 23.2 Å². The van der Waals surface area contributed by atoms with E-state index in [1.54, 1.807) is 6.07 Å². The Morgan fingerprint density at radius 1 is 1.44 bits per heavy atom. The number of halogens is 1. The molecule has 1 amide bonds. The Balaban J connectivity index is 1.96. The van der Waals surface area contributed by atoms with Crippen LogP contribution in [0.4, 0.5) is 0 Å². The number of carbonyl (C=O) groups excluding carboxylic acids is 1. The lowest BCUT2D eigenvalue weighted by Crippen LogP contribution is -2.47. The lowest BCUT2D eigenvalue weighted by atomic mass is 9.80. The number of nitrogens with one attached hydrogen (secondary N) is 1. The van der Waals surface area contributed by atoms with E-state index < -0.39 is 5.60 Å². The molecule has 0 spiro atoms. The Bertz CT molecular complexity index is 402. The predicted molar refractivity (Wildman–Crippen MR) is 70.3 cm³/mol. The van der Waals surface area contributed by atoms with Crippen molar-refractivity contribution < 1.29 is 9.90 Å². The molecule has 0 aliphatic heterocycles. The monoisotopic (exact) mass is 331 g/mol. The van der Waals surface area contributed by atoms with E-state index in [9.17, 15) is 9.90 Å². The van der Waals surface area contributed by atoms with Crippen LogP contribution in [0.3, 0.4) is 0 Å². The largest absolute Gasteiger partial charge is 0.388 e. The van der Waals surface area contributed by atoms with Gasteiger partial charge in [0, 0.05) is 10.1 Å². The summed E-state index contributed by atoms with van der Waals surface area (Å²) in [4.78, 5) is 11.8. The summed E-state index contributed by atoms with van der Waals surface area (Å²) in [6.45, 7) is 0.358. The summed E-state index contributed by atoms with van der Waals surface area (Å²) in [6.07, 6.45) is 2.63. The van der Waals surface area contributed by atoms with Crippen LogP contribution in [0.25, 0.3) is 0 Å². The molecule has 1 aromatic carbocycles. The molecule has 1 aliphatic carbocycles. The number of aliphatic hydroxyl groups is 1. The molecular weight excluding hydrogens is 317 g/mol. The Kier molecular flexibility index (Phi) is 3.49. The van der Waals surface area contributed by atoms with Crippen molar-refractivity contribution in [3.05, 3.63) is 33.4 Å². The zero-order valence-corrected chi connectivity index (χ0v) is 11.0. The maximum atomic E-state index is 11.8. The first kappa shape index (κ1) is 11.9. The van der Waals surface area contributed by atoms with Gasteiger partial charge in [0.2, 0.25) is 0 Å². The van der Waals surface area contributed by atoms with E-state index in [2.05, 4.69) is 27.9 Å². The summed E-state index contributed by atoms with van der Waals surface area (Å²) in [6, 6.07) is 7.43. The van der Waals surface area contributed by atoms with E-state index in [0.717, 1.165) is 22.8 Å². The van der Waals surface area contributed by atoms with Crippen LogP contribution in [0.1, 0.15) is 29.6 Å². The number of carbonyl (C=O) groups is 1. The first-order chi connectivity index (χ1) is 7.61. The van der Waals surface area contributed by atoms with Gasteiger partial charge in [-0.1, -0.05) is 12.1 Å². The predicted octanol–water partition coefficient (Wildman–Crippen LogP) is 1.94. The highest BCUT2D eigenvalue weighted by Gasteiger charge is 2.34. The summed E-state index contributed by atoms with van der Waals surface area (Å²) in [5, 5.41) is 12.6. The van der Waals surface area contributed by atoms with E-state index in [1.165, 1.54) is 0 Å². The van der Waals surface area contributed by atoms with Crippen molar-refractivity contribution in [1.82, 2.24) is 5.32 Å². The van der Waals surface area contributed by atoms with Gasteiger partial charge in [-0.2, -0.15) is 0 Å². The molecular formula is C12H14INO2. The fourth-order valence-electron chi connectivity index (χ4n) is 1.75. The summed E-state index contributed by atoms with van der Waals surface area (Å²) < 4.78 is 0.929. The molecule has 0 bridgehead atoms. The van der Waals surface area contributed by atoms with Crippen molar-refractivity contribution in [2.45, 2.75) is 24.9 Å². The van der Waals surface area contributed by atoms with E-state index in [4.69, 9.17) is 0 Å². The van der Waals surface area contributed by atoms with Crippen molar-refractivity contribution in [2.24, 2.45) is 0 Å². The lowest BCUT2D eigenvalue weighted by molar-refractivity contribution is -0.0300. The van der Waals surface area contributed by atoms with Gasteiger partial charge >= 0.3 is 0 Å². The zero-order valence-electron chi connectivity index (χ0n) is 8.87. The molecule has 0 unspecified atom stereocenters. The second-order valence-electron chi connectivity index (χ2n) is 4.24. The van der Waals surface area contributed by atoms with Gasteiger partial charge in [-0.05, 0) is 54.0 Å². The molecule has 3 nitrogen and oxygen atoms in total. The molecule has 1 aliphatic rings. The molecule has 1 fully saturated rings. The summed E-state index contributed by atoms with van der Waals surface area (Å²) in [5.74, 6) is -0.106. The number of rotatable bonds is 3. The second kappa shape index (κ2) is 4.71. The maximum Gasteiger partial charge on any atom is 0.252 e. The van der Waals surface area contributed by atoms with Crippen molar-refractivity contribution in [1.29, 1.82) is 0 Å². The minimum atomic E-state index is -0.657. The van der Waals surface area contributed by atoms with Gasteiger partial charge < -0.3 is 10.4 Å². The van der Waals surface area contributed by atoms with Crippen LogP contribution in [-0.2, 0) is 0 Å². The van der Waals surface area contributed by atoms with Crippen molar-refractivity contribution in [3.8, 4) is 0 Å². The Morgan fingerprint density at radius 2 is 2.12 bits per heavy atom. The van der Waals surface area contributed by atoms with E-state index in [-0.39, 0.29) is 5.91 Å². The van der Waals surface area contributed by atoms with Gasteiger partial charge in [-0.15, -0.1) is 0 Å². The molecule has 86 valence electrons. The highest BCUT2D eigenvalue weighted by molar-refractivity contribution is 14.1. The van der Waals surface area contributed by atoms with Gasteiger partial charge in [-0.25, -0.2) is 0 Å². The van der Waals surface area contributed by atoms with Crippen molar-refractivity contribution in [3.63, 3.8) is 0 Å². The maximum absolute atomic E-state index is 11.8. The molecule has 0 saturated heterocycles. The molecule has 1 saturated carbocycles. The smallest absolute Gasteiger partial charge is 0.252 e. The molecule has 1 aromatic rings. The van der Waals surface area contributed by atoms with Gasteiger partial charge in [-0.3, -0.25) is 4.79 Å². The van der Waals surface area contributed by atoms with Crippen molar-refractivity contribution >= 4 is 28.5 Å². The third kappa shape index (κ3) is 2.55. The molecule has 2 N–H and O–H groups in total. The molecule has 0 radical (unpaired) electrons. The summed E-state index contributed by atoms with van der Waals surface area (Å²) in [7, 11) is 0. The van der Waals surface area contributed by atoms with Gasteiger partial charge in [0.15, 0.2) is 0 Å². The molecule has 2 rings (SSSR count). The highest BCUT2D eigenvalue weighted by atomic mass is 127. The van der Waals surface area contributed by atoms with Crippen LogP contribution in [0.5, 0.6) is 0 Å². The topological polar surface area (TPSA) is 49.3 Å². The quantitative estimate of drug-likeness (QED) is 0.832. The Morgan fingerprint density at radius 3 is 2.69 bits per heavy atom. The third-order valence-electron chi connectivity index (χ3n) is 2.98. The zero-order chi connectivity index (χ0) is 11.6. The number of benzene rings is 1. The Hall–Kier alpha value is -0.620. The second-order valence-corrected chi connectivity index (χ2v) is 5.40. The minimum absolute atomic E-state index is 0.106. The summed E-state index contributed by atoms with van der Waals surface area (Å²) in [5.41, 5.74) is 0.0154. The van der Waals surface area contributed by atoms with Crippen LogP contribution >= 0.6 is 22.6 Å². The Labute approximate surface area is 108 Å². The van der Waals surface area contributed by atoms with E-state index in [1.807, 2.05) is 18.2 Å². The van der Waals surface area contributed by atoms with E-state index in [0.29, 0.717) is 12.1 Å². The molecule has 0 aromatic heterocycles. The number of hydrogen-bond acceptors (Lipinski definition) is 2. The SMILES string of the molecule is O=C(NCC1(O)CCC1)c1ccccc1I. The fourth-order valence-corrected chi connectivity index (χ4v) is 2.38. The summed E-state index contributed by atoms with van der Waals surface area (Å²) >= 11 is 2.14. The van der Waals surface area contributed by atoms with E-state index >= 15 is 0 Å². The molecule has 16 heavy (non-hydrogen) atoms. The number of hydrogen-bond donors (Lipinski definition) is 2. The molecule has 0 atom stereocenters. The molecule has 0 heterocycles. The van der Waals surface area contributed by atoms with Crippen LogP contribution in [0.15, 0.2) is 24.3 Å². The fraction of sp³-hybridized carbons (Fsp3) is 0.417. The van der Waals surface area contributed by atoms with Crippen LogP contribution in [0, 0.1) is 3.57 Å². The van der Waals surface area contributed by atoms with Gasteiger partial charge in [0.25, 0.3) is 5.91 Å². The first-order valence-corrected chi connectivity index (χ1v) is 6.44. The minimum Gasteiger partial charge on any atom is -0.388 e. The van der Waals surface area contributed by atoms with Crippen LogP contribution in [0.2, 0.25) is 0 Å². The number of amides is 1. The van der Waals surface area contributed by atoms with Gasteiger partial charge in [0.05, 0.1) is 11.2 Å². The average molecular weight is 331 g/mol. The first-order valence-electron chi connectivity index (χ1n) is 5.36. The highest BCUT2D eigenvalue weighted by Crippen LogP contribution is 2.30. The average Bonchev–Trinajstić information content (AvgIpc) is 2.24. The van der Waals surface area contributed by atoms with Crippen molar-refractivity contribution in [2.75, 3.05) is 6.54 Å². The van der Waals surface area contributed by atoms with Gasteiger partial charge in [0.1, 0.15) is 0 Å². The standard InChI is InChI=1S/C12H14INO2/c13-10-5-2-1-4-9(10)11(15)14-8-12(16)6-3-7-12/h1-2,4-5,16H,3,6-8H2,(H,14,15). The third-order valence-corrected chi connectivity index (χ3v) is 3.92. The molecule has 4 heteroatoms.